The summed E-state index contributed by atoms with van der Waals surface area (Å²) in [6.45, 7) is 3.18. The summed E-state index contributed by atoms with van der Waals surface area (Å²) in [4.78, 5) is 20.3. The van der Waals surface area contributed by atoms with Crippen LogP contribution >= 0.6 is 35.0 Å². The van der Waals surface area contributed by atoms with Crippen molar-refractivity contribution >= 4 is 45.9 Å². The molecule has 1 atom stereocenters. The Labute approximate surface area is 209 Å². The van der Waals surface area contributed by atoms with E-state index < -0.39 is 17.3 Å². The molecule has 1 aliphatic heterocycles. The summed E-state index contributed by atoms with van der Waals surface area (Å²) in [6.07, 6.45) is -2.65. The van der Waals surface area contributed by atoms with Crippen LogP contribution in [0.5, 0.6) is 0 Å². The van der Waals surface area contributed by atoms with Gasteiger partial charge in [0.25, 0.3) is 5.56 Å². The molecule has 0 unspecified atom stereocenters. The predicted octanol–water partition coefficient (Wildman–Crippen LogP) is 5.42. The normalized spacial score (nSPS) is 17.1. The van der Waals surface area contributed by atoms with Gasteiger partial charge in [0.05, 0.1) is 34.4 Å². The maximum Gasteiger partial charge on any atom is 0.416 e. The third kappa shape index (κ3) is 5.23. The van der Waals surface area contributed by atoms with Gasteiger partial charge in [0.1, 0.15) is 0 Å². The average Bonchev–Trinajstić information content (AvgIpc) is 3.18. The molecule has 1 saturated heterocycles. The van der Waals surface area contributed by atoms with Crippen molar-refractivity contribution in [3.8, 4) is 0 Å². The van der Waals surface area contributed by atoms with Crippen LogP contribution in [0.1, 0.15) is 30.0 Å². The van der Waals surface area contributed by atoms with E-state index in [9.17, 15) is 18.0 Å². The van der Waals surface area contributed by atoms with Crippen LogP contribution in [0.4, 0.5) is 13.2 Å². The molecule has 2 heterocycles. The predicted molar refractivity (Wildman–Crippen MR) is 131 cm³/mol. The summed E-state index contributed by atoms with van der Waals surface area (Å²) >= 11 is 14.2. The van der Waals surface area contributed by atoms with E-state index in [4.69, 9.17) is 28.9 Å². The number of aromatic nitrogens is 2. The Hall–Kier alpha value is -1.78. The molecule has 0 bridgehead atoms. The van der Waals surface area contributed by atoms with Gasteiger partial charge < -0.3 is 5.73 Å². The fraction of sp³-hybridized carbons (Fsp3) is 0.391. The lowest BCUT2D eigenvalue weighted by molar-refractivity contribution is -0.138. The van der Waals surface area contributed by atoms with Crippen LogP contribution in [0.3, 0.4) is 0 Å². The number of fused-ring (bicyclic) bond motifs is 1. The van der Waals surface area contributed by atoms with E-state index in [1.807, 2.05) is 17.9 Å². The SMILES string of the molecule is CCSc1ccc(Cl)cc1Cn1cnc2c(Cl)c(CN3CC[C@@H](N)C3)c(C(F)(F)F)cc2c1=O. The van der Waals surface area contributed by atoms with E-state index in [0.29, 0.717) is 24.5 Å². The minimum absolute atomic E-state index is 0.0117. The Morgan fingerprint density at radius 1 is 1.24 bits per heavy atom. The lowest BCUT2D eigenvalue weighted by Crippen LogP contribution is -2.28. The fourth-order valence-corrected chi connectivity index (χ4v) is 5.50. The quantitative estimate of drug-likeness (QED) is 0.431. The Kier molecular flexibility index (Phi) is 7.50. The molecule has 1 fully saturated rings. The van der Waals surface area contributed by atoms with Gasteiger partial charge in [-0.15, -0.1) is 11.8 Å². The second kappa shape index (κ2) is 10.1. The molecular weight excluding hydrogens is 508 g/mol. The number of rotatable bonds is 6. The van der Waals surface area contributed by atoms with Gasteiger partial charge in [-0.2, -0.15) is 13.2 Å². The second-order valence-corrected chi connectivity index (χ2v) is 10.4. The van der Waals surface area contributed by atoms with Crippen LogP contribution < -0.4 is 11.3 Å². The van der Waals surface area contributed by atoms with Crippen LogP contribution in [0.15, 0.2) is 40.3 Å². The molecule has 1 aromatic heterocycles. The van der Waals surface area contributed by atoms with Gasteiger partial charge in [-0.1, -0.05) is 30.1 Å². The third-order valence-electron chi connectivity index (χ3n) is 5.82. The first-order chi connectivity index (χ1) is 16.1. The van der Waals surface area contributed by atoms with Gasteiger partial charge in [-0.05, 0) is 47.6 Å². The number of nitrogens with zero attached hydrogens (tertiary/aromatic N) is 3. The number of thioether (sulfide) groups is 1. The van der Waals surface area contributed by atoms with Crippen molar-refractivity contribution in [1.82, 2.24) is 14.5 Å². The lowest BCUT2D eigenvalue weighted by atomic mass is 10.0. The van der Waals surface area contributed by atoms with Gasteiger partial charge in [-0.25, -0.2) is 4.98 Å². The van der Waals surface area contributed by atoms with Crippen molar-refractivity contribution < 1.29 is 13.2 Å². The smallest absolute Gasteiger partial charge is 0.326 e. The first-order valence-corrected chi connectivity index (χ1v) is 12.5. The Morgan fingerprint density at radius 2 is 2.00 bits per heavy atom. The van der Waals surface area contributed by atoms with E-state index in [1.165, 1.54) is 10.9 Å². The Balaban J connectivity index is 1.81. The summed E-state index contributed by atoms with van der Waals surface area (Å²) in [5, 5.41) is 0.180. The third-order valence-corrected chi connectivity index (χ3v) is 7.46. The zero-order valence-corrected chi connectivity index (χ0v) is 20.7. The molecule has 34 heavy (non-hydrogen) atoms. The standard InChI is InChI=1S/C23H23Cl2F3N4OS/c1-2-34-19-4-3-14(24)7-13(19)9-32-12-30-21-16(22(32)33)8-18(23(26,27)28)17(20(21)25)11-31-6-5-15(29)10-31/h3-4,7-8,12,15H,2,5-6,9-11,29H2,1H3/t15-/m1/s1. The Morgan fingerprint density at radius 3 is 2.65 bits per heavy atom. The summed E-state index contributed by atoms with van der Waals surface area (Å²) in [5.41, 5.74) is 5.14. The number of alkyl halides is 3. The second-order valence-electron chi connectivity index (χ2n) is 8.26. The van der Waals surface area contributed by atoms with Crippen LogP contribution in [0.25, 0.3) is 10.9 Å². The number of nitrogens with two attached hydrogens (primary N) is 1. The molecule has 2 N–H and O–H groups in total. The van der Waals surface area contributed by atoms with Crippen LogP contribution in [0.2, 0.25) is 10.0 Å². The fourth-order valence-electron chi connectivity index (χ4n) is 4.20. The minimum Gasteiger partial charge on any atom is -0.326 e. The molecule has 11 heteroatoms. The number of likely N-dealkylation sites (tertiary alicyclic amines) is 1. The van der Waals surface area contributed by atoms with Crippen molar-refractivity contribution in [2.75, 3.05) is 18.8 Å². The zero-order valence-electron chi connectivity index (χ0n) is 18.3. The van der Waals surface area contributed by atoms with E-state index in [-0.39, 0.29) is 40.6 Å². The topological polar surface area (TPSA) is 64.2 Å². The highest BCUT2D eigenvalue weighted by atomic mass is 35.5. The molecule has 5 nitrogen and oxygen atoms in total. The molecule has 0 aliphatic carbocycles. The molecule has 0 spiro atoms. The van der Waals surface area contributed by atoms with E-state index in [1.54, 1.807) is 23.9 Å². The highest BCUT2D eigenvalue weighted by Gasteiger charge is 2.37. The molecule has 0 radical (unpaired) electrons. The maximum atomic E-state index is 14.0. The van der Waals surface area contributed by atoms with Crippen molar-refractivity contribution in [1.29, 1.82) is 0 Å². The van der Waals surface area contributed by atoms with Gasteiger partial charge in [0, 0.05) is 35.6 Å². The van der Waals surface area contributed by atoms with E-state index >= 15 is 0 Å². The molecule has 4 rings (SSSR count). The van der Waals surface area contributed by atoms with Gasteiger partial charge in [0.15, 0.2) is 0 Å². The highest BCUT2D eigenvalue weighted by molar-refractivity contribution is 7.99. The molecule has 0 saturated carbocycles. The maximum absolute atomic E-state index is 14.0. The average molecular weight is 531 g/mol. The summed E-state index contributed by atoms with van der Waals surface area (Å²) < 4.78 is 43.3. The molecule has 2 aromatic carbocycles. The van der Waals surface area contributed by atoms with Gasteiger partial charge in [0.2, 0.25) is 0 Å². The lowest BCUT2D eigenvalue weighted by Gasteiger charge is -2.21. The number of halogens is 5. The summed E-state index contributed by atoms with van der Waals surface area (Å²) in [6, 6.07) is 6.16. The number of hydrogen-bond donors (Lipinski definition) is 1. The first-order valence-electron chi connectivity index (χ1n) is 10.7. The number of hydrogen-bond acceptors (Lipinski definition) is 5. The molecule has 1 aliphatic rings. The van der Waals surface area contributed by atoms with Gasteiger partial charge >= 0.3 is 6.18 Å². The highest BCUT2D eigenvalue weighted by Crippen LogP contribution is 2.39. The molecule has 182 valence electrons. The van der Waals surface area contributed by atoms with Gasteiger partial charge in [-0.3, -0.25) is 14.3 Å². The molecular formula is C23H23Cl2F3N4OS. The van der Waals surface area contributed by atoms with Crippen molar-refractivity contribution in [2.24, 2.45) is 5.73 Å². The van der Waals surface area contributed by atoms with E-state index in [0.717, 1.165) is 22.3 Å². The van der Waals surface area contributed by atoms with Crippen molar-refractivity contribution in [3.63, 3.8) is 0 Å². The van der Waals surface area contributed by atoms with Crippen molar-refractivity contribution in [3.05, 3.63) is 67.7 Å². The van der Waals surface area contributed by atoms with Crippen molar-refractivity contribution in [2.45, 2.75) is 43.5 Å². The minimum atomic E-state index is -4.68. The largest absolute Gasteiger partial charge is 0.416 e. The summed E-state index contributed by atoms with van der Waals surface area (Å²) in [5.74, 6) is 0.814. The van der Waals surface area contributed by atoms with Crippen LogP contribution in [-0.4, -0.2) is 39.3 Å². The monoisotopic (exact) mass is 530 g/mol. The zero-order chi connectivity index (χ0) is 24.6. The Bertz CT molecular complexity index is 1280. The molecule has 3 aromatic rings. The van der Waals surface area contributed by atoms with Crippen LogP contribution in [-0.2, 0) is 19.3 Å². The summed E-state index contributed by atoms with van der Waals surface area (Å²) in [7, 11) is 0. The molecule has 0 amide bonds. The first kappa shape index (κ1) is 25.3. The van der Waals surface area contributed by atoms with E-state index in [2.05, 4.69) is 4.98 Å². The van der Waals surface area contributed by atoms with Crippen LogP contribution in [0, 0.1) is 0 Å². The number of benzene rings is 2.